The van der Waals surface area contributed by atoms with Crippen molar-refractivity contribution in [3.63, 3.8) is 0 Å². The van der Waals surface area contributed by atoms with Crippen molar-refractivity contribution >= 4 is 6.08 Å². The Labute approximate surface area is 76.0 Å². The predicted octanol–water partition coefficient (Wildman–Crippen LogP) is 2.09. The second kappa shape index (κ2) is 3.59. The van der Waals surface area contributed by atoms with E-state index in [4.69, 9.17) is 4.74 Å². The Hall–Kier alpha value is -0.746. The molecule has 1 aromatic carbocycles. The largest absolute Gasteiger partial charge is 0.489 e. The molecular weight excluding hydrogens is 183 g/mol. The Morgan fingerprint density at radius 1 is 1.18 bits per heavy atom. The molecule has 0 bridgehead atoms. The molecule has 0 N–H and O–H groups in total. The van der Waals surface area contributed by atoms with Gasteiger partial charge in [0, 0.05) is 22.1 Å². The summed E-state index contributed by atoms with van der Waals surface area (Å²) in [5.74, 6) is 0.991. The van der Waals surface area contributed by atoms with Crippen molar-refractivity contribution < 1.29 is 21.2 Å². The minimum atomic E-state index is 0. The van der Waals surface area contributed by atoms with Crippen LogP contribution in [0, 0.1) is 0 Å². The van der Waals surface area contributed by atoms with Crippen LogP contribution in [0.1, 0.15) is 5.56 Å². The molecule has 0 spiro atoms. The molecule has 1 aromatic rings. The van der Waals surface area contributed by atoms with Crippen LogP contribution < -0.4 is 4.74 Å². The van der Waals surface area contributed by atoms with E-state index in [1.54, 1.807) is 0 Å². The Morgan fingerprint density at radius 2 is 2.00 bits per heavy atom. The minimum Gasteiger partial charge on any atom is -0.489 e. The predicted molar refractivity (Wildman–Crippen MR) is 41.0 cm³/mol. The fourth-order valence-corrected chi connectivity index (χ4v) is 1.06. The minimum absolute atomic E-state index is 0. The number of rotatable bonds is 0. The van der Waals surface area contributed by atoms with Crippen molar-refractivity contribution in [1.29, 1.82) is 0 Å². The van der Waals surface area contributed by atoms with Gasteiger partial charge in [-0.05, 0) is 12.1 Å². The van der Waals surface area contributed by atoms with Gasteiger partial charge in [0.15, 0.2) is 0 Å². The van der Waals surface area contributed by atoms with E-state index in [1.807, 2.05) is 30.3 Å². The van der Waals surface area contributed by atoms with E-state index in [0.29, 0.717) is 6.61 Å². The van der Waals surface area contributed by atoms with Crippen LogP contribution in [-0.2, 0) is 16.5 Å². The van der Waals surface area contributed by atoms with Crippen LogP contribution in [0.5, 0.6) is 5.75 Å². The third kappa shape index (κ3) is 1.64. The monoisotopic (exact) mass is 190 g/mol. The zero-order valence-corrected chi connectivity index (χ0v) is 6.88. The SMILES string of the molecule is C1=Cc2ccccc2OC1.[Ni]. The van der Waals surface area contributed by atoms with Gasteiger partial charge < -0.3 is 4.74 Å². The molecule has 1 aliphatic heterocycles. The van der Waals surface area contributed by atoms with Crippen molar-refractivity contribution in [3.05, 3.63) is 35.9 Å². The second-order valence-electron chi connectivity index (χ2n) is 2.25. The molecule has 0 fully saturated rings. The maximum Gasteiger partial charge on any atom is 0.126 e. The van der Waals surface area contributed by atoms with Crippen molar-refractivity contribution in [2.45, 2.75) is 0 Å². The van der Waals surface area contributed by atoms with E-state index in [-0.39, 0.29) is 16.5 Å². The van der Waals surface area contributed by atoms with Crippen molar-refractivity contribution in [2.75, 3.05) is 6.61 Å². The number of fused-ring (bicyclic) bond motifs is 1. The van der Waals surface area contributed by atoms with Crippen molar-refractivity contribution in [1.82, 2.24) is 0 Å². The maximum atomic E-state index is 5.34. The summed E-state index contributed by atoms with van der Waals surface area (Å²) in [6.07, 6.45) is 4.10. The fraction of sp³-hybridized carbons (Fsp3) is 0.111. The molecule has 0 atom stereocenters. The first-order valence-electron chi connectivity index (χ1n) is 3.35. The van der Waals surface area contributed by atoms with E-state index < -0.39 is 0 Å². The Balaban J connectivity index is 0.000000605. The molecule has 2 heteroatoms. The topological polar surface area (TPSA) is 9.23 Å². The van der Waals surface area contributed by atoms with Crippen molar-refractivity contribution in [3.8, 4) is 5.75 Å². The van der Waals surface area contributed by atoms with Gasteiger partial charge in [-0.1, -0.05) is 24.3 Å². The van der Waals surface area contributed by atoms with Crippen LogP contribution in [0.25, 0.3) is 6.08 Å². The van der Waals surface area contributed by atoms with E-state index >= 15 is 0 Å². The van der Waals surface area contributed by atoms with Gasteiger partial charge >= 0.3 is 0 Å². The smallest absolute Gasteiger partial charge is 0.126 e. The Bertz CT molecular complexity index is 268. The third-order valence-electron chi connectivity index (χ3n) is 1.55. The van der Waals surface area contributed by atoms with Crippen LogP contribution in [0.2, 0.25) is 0 Å². The van der Waals surface area contributed by atoms with Gasteiger partial charge in [0.1, 0.15) is 12.4 Å². The zero-order chi connectivity index (χ0) is 6.81. The zero-order valence-electron chi connectivity index (χ0n) is 5.90. The Morgan fingerprint density at radius 3 is 2.82 bits per heavy atom. The molecule has 1 heterocycles. The number of hydrogen-bond donors (Lipinski definition) is 0. The summed E-state index contributed by atoms with van der Waals surface area (Å²) in [6.45, 7) is 0.705. The summed E-state index contributed by atoms with van der Waals surface area (Å²) in [6, 6.07) is 8.03. The van der Waals surface area contributed by atoms with Crippen LogP contribution in [-0.4, -0.2) is 6.61 Å². The van der Waals surface area contributed by atoms with Gasteiger partial charge in [0.2, 0.25) is 0 Å². The summed E-state index contributed by atoms with van der Waals surface area (Å²) in [5, 5.41) is 0. The molecule has 1 aliphatic rings. The Kier molecular flexibility index (Phi) is 2.72. The number of ether oxygens (including phenoxy) is 1. The van der Waals surface area contributed by atoms with E-state index in [1.165, 1.54) is 5.56 Å². The standard InChI is InChI=1S/C9H8O.Ni/c1-2-6-9-8(4-1)5-3-7-10-9;/h1-6H,7H2;. The number of benzene rings is 1. The molecule has 0 radical (unpaired) electrons. The van der Waals surface area contributed by atoms with Crippen LogP contribution in [0.4, 0.5) is 0 Å². The van der Waals surface area contributed by atoms with E-state index in [0.717, 1.165) is 5.75 Å². The molecule has 11 heavy (non-hydrogen) atoms. The summed E-state index contributed by atoms with van der Waals surface area (Å²) in [5.41, 5.74) is 1.17. The number of para-hydroxylation sites is 1. The average molecular weight is 191 g/mol. The van der Waals surface area contributed by atoms with E-state index in [2.05, 4.69) is 6.08 Å². The molecular formula is C9H8NiO. The summed E-state index contributed by atoms with van der Waals surface area (Å²) in [7, 11) is 0. The quantitative estimate of drug-likeness (QED) is 0.570. The van der Waals surface area contributed by atoms with E-state index in [9.17, 15) is 0 Å². The second-order valence-corrected chi connectivity index (χ2v) is 2.25. The molecule has 2 rings (SSSR count). The average Bonchev–Trinajstić information content (AvgIpc) is 2.05. The van der Waals surface area contributed by atoms with Gasteiger partial charge in [0.05, 0.1) is 0 Å². The molecule has 0 saturated heterocycles. The van der Waals surface area contributed by atoms with Crippen LogP contribution >= 0.6 is 0 Å². The molecule has 0 amide bonds. The first kappa shape index (κ1) is 8.35. The summed E-state index contributed by atoms with van der Waals surface area (Å²) < 4.78 is 5.34. The summed E-state index contributed by atoms with van der Waals surface area (Å²) in [4.78, 5) is 0. The van der Waals surface area contributed by atoms with Gasteiger partial charge in [-0.3, -0.25) is 0 Å². The molecule has 60 valence electrons. The molecule has 0 saturated carbocycles. The molecule has 0 aliphatic carbocycles. The van der Waals surface area contributed by atoms with Gasteiger partial charge in [-0.15, -0.1) is 0 Å². The first-order chi connectivity index (χ1) is 4.97. The molecule has 0 aromatic heterocycles. The first-order valence-corrected chi connectivity index (χ1v) is 3.35. The molecule has 1 nitrogen and oxygen atoms in total. The maximum absolute atomic E-state index is 5.34. The number of hydrogen-bond acceptors (Lipinski definition) is 1. The van der Waals surface area contributed by atoms with Gasteiger partial charge in [0.25, 0.3) is 0 Å². The van der Waals surface area contributed by atoms with Crippen molar-refractivity contribution in [2.24, 2.45) is 0 Å². The fourth-order valence-electron chi connectivity index (χ4n) is 1.06. The summed E-state index contributed by atoms with van der Waals surface area (Å²) >= 11 is 0. The van der Waals surface area contributed by atoms with Gasteiger partial charge in [-0.25, -0.2) is 0 Å². The third-order valence-corrected chi connectivity index (χ3v) is 1.55. The van der Waals surface area contributed by atoms with Crippen LogP contribution in [0.3, 0.4) is 0 Å². The van der Waals surface area contributed by atoms with Gasteiger partial charge in [-0.2, -0.15) is 0 Å². The molecule has 0 unspecified atom stereocenters. The van der Waals surface area contributed by atoms with Crippen LogP contribution in [0.15, 0.2) is 30.3 Å². The normalized spacial score (nSPS) is 12.7.